The van der Waals surface area contributed by atoms with Gasteiger partial charge in [-0.05, 0) is 81.0 Å². The predicted octanol–water partition coefficient (Wildman–Crippen LogP) is 6.26. The number of hydrogen-bond acceptors (Lipinski definition) is 4. The van der Waals surface area contributed by atoms with Gasteiger partial charge in [-0.15, -0.1) is 11.3 Å². The quantitative estimate of drug-likeness (QED) is 0.383. The lowest BCUT2D eigenvalue weighted by molar-refractivity contribution is -0.119. The zero-order valence-corrected chi connectivity index (χ0v) is 20.8. The van der Waals surface area contributed by atoms with E-state index in [1.807, 2.05) is 39.8 Å². The zero-order valence-electron chi connectivity index (χ0n) is 19.9. The van der Waals surface area contributed by atoms with Crippen molar-refractivity contribution in [3.8, 4) is 11.1 Å². The van der Waals surface area contributed by atoms with Crippen LogP contribution in [-0.4, -0.2) is 15.5 Å². The fourth-order valence-electron chi connectivity index (χ4n) is 4.36. The Balaban J connectivity index is 1.80. The molecular formula is C27H29N3O2S. The largest absolute Gasteiger partial charge is 0.324 e. The number of nitrogens with zero attached hydrogens (tertiary/aromatic N) is 2. The number of aromatic nitrogens is 2. The monoisotopic (exact) mass is 459 g/mol. The molecule has 0 spiro atoms. The van der Waals surface area contributed by atoms with Gasteiger partial charge in [0.05, 0.1) is 11.7 Å². The molecule has 2 heterocycles. The van der Waals surface area contributed by atoms with Crippen LogP contribution in [-0.2, 0) is 4.79 Å². The number of rotatable bonds is 5. The first kappa shape index (κ1) is 22.9. The summed E-state index contributed by atoms with van der Waals surface area (Å²) in [5.74, 6) is -0.217. The number of aryl methyl sites for hydroxylation is 5. The second-order valence-electron chi connectivity index (χ2n) is 8.76. The van der Waals surface area contributed by atoms with Crippen molar-refractivity contribution >= 4 is 33.1 Å². The molecule has 33 heavy (non-hydrogen) atoms. The molecular weight excluding hydrogens is 430 g/mol. The van der Waals surface area contributed by atoms with Crippen LogP contribution in [0, 0.1) is 34.6 Å². The topological polar surface area (TPSA) is 64.0 Å². The summed E-state index contributed by atoms with van der Waals surface area (Å²) in [5.41, 5.74) is 7.01. The van der Waals surface area contributed by atoms with Gasteiger partial charge in [0.2, 0.25) is 5.91 Å². The summed E-state index contributed by atoms with van der Waals surface area (Å²) in [7, 11) is 0. The van der Waals surface area contributed by atoms with Crippen molar-refractivity contribution in [1.82, 2.24) is 9.55 Å². The summed E-state index contributed by atoms with van der Waals surface area (Å²) >= 11 is 1.52. The number of carbonyl (C=O) groups excluding carboxylic acids is 1. The smallest absolute Gasteiger partial charge is 0.263 e. The number of fused-ring (bicyclic) bond motifs is 1. The Hall–Kier alpha value is -3.25. The van der Waals surface area contributed by atoms with E-state index in [0.29, 0.717) is 16.6 Å². The molecule has 0 saturated heterocycles. The van der Waals surface area contributed by atoms with E-state index in [1.165, 1.54) is 33.4 Å². The van der Waals surface area contributed by atoms with Crippen molar-refractivity contribution in [2.75, 3.05) is 5.32 Å². The second-order valence-corrected chi connectivity index (χ2v) is 9.96. The second kappa shape index (κ2) is 8.94. The molecule has 0 saturated carbocycles. The van der Waals surface area contributed by atoms with E-state index >= 15 is 0 Å². The van der Waals surface area contributed by atoms with Crippen LogP contribution in [0.1, 0.15) is 46.5 Å². The van der Waals surface area contributed by atoms with Crippen molar-refractivity contribution < 1.29 is 4.79 Å². The number of thiophene rings is 1. The summed E-state index contributed by atoms with van der Waals surface area (Å²) in [6.07, 6.45) is 1.99. The summed E-state index contributed by atoms with van der Waals surface area (Å²) in [6, 6.07) is 11.5. The van der Waals surface area contributed by atoms with Gasteiger partial charge in [-0.2, -0.15) is 0 Å². The Morgan fingerprint density at radius 1 is 1.03 bits per heavy atom. The molecule has 6 heteroatoms. The van der Waals surface area contributed by atoms with Gasteiger partial charge in [0, 0.05) is 16.1 Å². The third-order valence-electron chi connectivity index (χ3n) is 6.12. The summed E-state index contributed by atoms with van der Waals surface area (Å²) in [5, 5.41) is 3.57. The van der Waals surface area contributed by atoms with E-state index < -0.39 is 6.04 Å². The molecule has 4 aromatic rings. The Morgan fingerprint density at radius 3 is 2.36 bits per heavy atom. The van der Waals surface area contributed by atoms with Crippen LogP contribution in [0.25, 0.3) is 21.3 Å². The van der Waals surface area contributed by atoms with Crippen molar-refractivity contribution in [1.29, 1.82) is 0 Å². The molecule has 170 valence electrons. The molecule has 1 amide bonds. The van der Waals surface area contributed by atoms with Crippen molar-refractivity contribution in [3.05, 3.63) is 80.2 Å². The Kier molecular flexibility index (Phi) is 6.21. The highest BCUT2D eigenvalue weighted by atomic mass is 32.1. The number of nitrogens with one attached hydrogen (secondary N) is 1. The maximum absolute atomic E-state index is 13.7. The first-order valence-electron chi connectivity index (χ1n) is 11.2. The van der Waals surface area contributed by atoms with Gasteiger partial charge in [-0.25, -0.2) is 4.98 Å². The highest BCUT2D eigenvalue weighted by Gasteiger charge is 2.24. The summed E-state index contributed by atoms with van der Waals surface area (Å²) in [6.45, 7) is 12.1. The molecule has 0 fully saturated rings. The van der Waals surface area contributed by atoms with Gasteiger partial charge in [-0.3, -0.25) is 14.2 Å². The fourth-order valence-corrected chi connectivity index (χ4v) is 5.37. The highest BCUT2D eigenvalue weighted by molar-refractivity contribution is 7.19. The normalized spacial score (nSPS) is 12.2. The van der Waals surface area contributed by atoms with Crippen LogP contribution in [0.5, 0.6) is 0 Å². The predicted molar refractivity (Wildman–Crippen MR) is 137 cm³/mol. The van der Waals surface area contributed by atoms with E-state index in [4.69, 9.17) is 0 Å². The lowest BCUT2D eigenvalue weighted by atomic mass is 9.99. The van der Waals surface area contributed by atoms with Crippen LogP contribution >= 0.6 is 11.3 Å². The molecule has 2 aromatic heterocycles. The van der Waals surface area contributed by atoms with Gasteiger partial charge in [0.25, 0.3) is 5.56 Å². The first-order chi connectivity index (χ1) is 15.7. The summed E-state index contributed by atoms with van der Waals surface area (Å²) < 4.78 is 1.48. The Bertz CT molecular complexity index is 1410. The van der Waals surface area contributed by atoms with Crippen molar-refractivity contribution in [3.63, 3.8) is 0 Å². The average Bonchev–Trinajstić information content (AvgIpc) is 3.08. The SMILES string of the molecule is CCC(C(=O)Nc1cc(C)cc(C)c1)n1cnc2sc(C)c(-c3ccc(C)c(C)c3)c2c1=O. The molecule has 0 aliphatic rings. The molecule has 1 unspecified atom stereocenters. The molecule has 5 nitrogen and oxygen atoms in total. The van der Waals surface area contributed by atoms with Gasteiger partial charge in [0.1, 0.15) is 10.9 Å². The van der Waals surface area contributed by atoms with E-state index in [0.717, 1.165) is 32.8 Å². The molecule has 0 radical (unpaired) electrons. The first-order valence-corrected chi connectivity index (χ1v) is 12.0. The van der Waals surface area contributed by atoms with E-state index in [1.54, 1.807) is 0 Å². The van der Waals surface area contributed by atoms with E-state index in [-0.39, 0.29) is 11.5 Å². The van der Waals surface area contributed by atoms with E-state index in [2.05, 4.69) is 48.4 Å². The van der Waals surface area contributed by atoms with Gasteiger partial charge in [-0.1, -0.05) is 31.2 Å². The Morgan fingerprint density at radius 2 is 1.73 bits per heavy atom. The van der Waals surface area contributed by atoms with Crippen molar-refractivity contribution in [2.45, 2.75) is 54.0 Å². The minimum Gasteiger partial charge on any atom is -0.324 e. The minimum absolute atomic E-state index is 0.181. The number of hydrogen-bond donors (Lipinski definition) is 1. The third kappa shape index (κ3) is 4.35. The maximum Gasteiger partial charge on any atom is 0.263 e. The molecule has 4 rings (SSSR count). The fraction of sp³-hybridized carbons (Fsp3) is 0.296. The maximum atomic E-state index is 13.7. The number of anilines is 1. The Labute approximate surface area is 198 Å². The van der Waals surface area contributed by atoms with E-state index in [9.17, 15) is 9.59 Å². The number of carbonyl (C=O) groups is 1. The van der Waals surface area contributed by atoms with Crippen LogP contribution in [0.2, 0.25) is 0 Å². The van der Waals surface area contributed by atoms with Gasteiger partial charge < -0.3 is 5.32 Å². The highest BCUT2D eigenvalue weighted by Crippen LogP contribution is 2.36. The van der Waals surface area contributed by atoms with Gasteiger partial charge >= 0.3 is 0 Å². The minimum atomic E-state index is -0.650. The van der Waals surface area contributed by atoms with Crippen molar-refractivity contribution in [2.24, 2.45) is 0 Å². The summed E-state index contributed by atoms with van der Waals surface area (Å²) in [4.78, 5) is 33.2. The molecule has 1 atom stereocenters. The molecule has 2 aromatic carbocycles. The average molecular weight is 460 g/mol. The molecule has 0 aliphatic carbocycles. The number of amides is 1. The lowest BCUT2D eigenvalue weighted by Crippen LogP contribution is -2.33. The van der Waals surface area contributed by atoms with Crippen LogP contribution in [0.4, 0.5) is 5.69 Å². The zero-order chi connectivity index (χ0) is 23.9. The molecule has 1 N–H and O–H groups in total. The molecule has 0 aliphatic heterocycles. The standard InChI is InChI=1S/C27H29N3O2S/c1-7-22(25(31)29-21-11-15(2)10-16(3)12-21)30-14-28-26-24(27(30)32)23(19(6)33-26)20-9-8-17(4)18(5)13-20/h8-14,22H,7H2,1-6H3,(H,29,31). The van der Waals surface area contributed by atoms with Crippen LogP contribution in [0.3, 0.4) is 0 Å². The molecule has 0 bridgehead atoms. The van der Waals surface area contributed by atoms with Gasteiger partial charge in [0.15, 0.2) is 0 Å². The van der Waals surface area contributed by atoms with Crippen LogP contribution in [0.15, 0.2) is 47.5 Å². The van der Waals surface area contributed by atoms with Crippen LogP contribution < -0.4 is 10.9 Å². The lowest BCUT2D eigenvalue weighted by Gasteiger charge is -2.18. The number of benzene rings is 2. The third-order valence-corrected chi connectivity index (χ3v) is 7.14.